The number of fused-ring (bicyclic) bond motifs is 2. The van der Waals surface area contributed by atoms with Crippen molar-refractivity contribution in [3.05, 3.63) is 46.2 Å². The lowest BCUT2D eigenvalue weighted by molar-refractivity contribution is 0.0947. The van der Waals surface area contributed by atoms with Gasteiger partial charge in [-0.2, -0.15) is 5.10 Å². The number of aryl methyl sites for hydroxylation is 1. The summed E-state index contributed by atoms with van der Waals surface area (Å²) >= 11 is 0.878. The fourth-order valence-electron chi connectivity index (χ4n) is 3.23. The normalized spacial score (nSPS) is 17.0. The van der Waals surface area contributed by atoms with Crippen molar-refractivity contribution in [3.8, 4) is 0 Å². The van der Waals surface area contributed by atoms with Crippen LogP contribution in [0.2, 0.25) is 0 Å². The zero-order chi connectivity index (χ0) is 17.4. The van der Waals surface area contributed by atoms with Crippen molar-refractivity contribution < 1.29 is 13.6 Å². The third-order valence-corrected chi connectivity index (χ3v) is 5.65. The van der Waals surface area contributed by atoms with Crippen LogP contribution in [0.25, 0.3) is 10.2 Å². The van der Waals surface area contributed by atoms with Gasteiger partial charge in [-0.25, -0.2) is 13.8 Å². The van der Waals surface area contributed by atoms with Crippen molar-refractivity contribution in [1.82, 2.24) is 20.5 Å². The number of hydrogen-bond donors (Lipinski definition) is 2. The van der Waals surface area contributed by atoms with E-state index in [-0.39, 0.29) is 10.9 Å². The first kappa shape index (κ1) is 16.1. The molecule has 1 amide bonds. The van der Waals surface area contributed by atoms with E-state index in [1.165, 1.54) is 5.56 Å². The summed E-state index contributed by atoms with van der Waals surface area (Å²) in [6, 6.07) is 4.97. The van der Waals surface area contributed by atoms with Gasteiger partial charge in [0, 0.05) is 12.2 Å². The van der Waals surface area contributed by atoms with Gasteiger partial charge in [0.25, 0.3) is 12.3 Å². The molecule has 1 aliphatic rings. The topological polar surface area (TPSA) is 70.7 Å². The second-order valence-corrected chi connectivity index (χ2v) is 7.23. The molecule has 2 heterocycles. The number of carbonyl (C=O) groups excluding carboxylic acids is 1. The molecule has 1 aromatic carbocycles. The quantitative estimate of drug-likeness (QED) is 0.746. The van der Waals surface area contributed by atoms with E-state index in [2.05, 4.69) is 20.5 Å². The Morgan fingerprint density at radius 2 is 2.32 bits per heavy atom. The molecule has 2 aromatic heterocycles. The number of benzene rings is 1. The predicted molar refractivity (Wildman–Crippen MR) is 91.0 cm³/mol. The van der Waals surface area contributed by atoms with Crippen molar-refractivity contribution in [3.63, 3.8) is 0 Å². The number of carbonyl (C=O) groups is 1. The smallest absolute Gasteiger partial charge is 0.289 e. The van der Waals surface area contributed by atoms with Crippen LogP contribution in [0.5, 0.6) is 0 Å². The summed E-state index contributed by atoms with van der Waals surface area (Å²) in [6.07, 6.45) is 2.03. The van der Waals surface area contributed by atoms with Crippen molar-refractivity contribution in [2.45, 2.75) is 25.7 Å². The minimum atomic E-state index is -2.63. The molecule has 0 spiro atoms. The average molecular weight is 362 g/mol. The number of aromatic nitrogens is 3. The molecule has 3 aromatic rings. The van der Waals surface area contributed by atoms with Crippen LogP contribution in [0.4, 0.5) is 8.78 Å². The fraction of sp³-hybridized carbons (Fsp3) is 0.353. The first-order valence-electron chi connectivity index (χ1n) is 8.08. The van der Waals surface area contributed by atoms with Gasteiger partial charge in [-0.3, -0.25) is 9.89 Å². The number of nitrogens with zero attached hydrogens (tertiary/aromatic N) is 2. The van der Waals surface area contributed by atoms with Gasteiger partial charge in [0.05, 0.1) is 22.0 Å². The molecule has 25 heavy (non-hydrogen) atoms. The molecule has 0 aliphatic heterocycles. The molecule has 5 nitrogen and oxygen atoms in total. The van der Waals surface area contributed by atoms with Gasteiger partial charge in [0.2, 0.25) is 0 Å². The Kier molecular flexibility index (Phi) is 4.20. The van der Waals surface area contributed by atoms with Gasteiger partial charge in [-0.1, -0.05) is 6.07 Å². The lowest BCUT2D eigenvalue weighted by Gasteiger charge is -2.21. The van der Waals surface area contributed by atoms with Crippen molar-refractivity contribution in [1.29, 1.82) is 0 Å². The number of thiazole rings is 1. The first-order valence-corrected chi connectivity index (χ1v) is 8.90. The summed E-state index contributed by atoms with van der Waals surface area (Å²) in [4.78, 5) is 16.4. The van der Waals surface area contributed by atoms with Crippen LogP contribution in [0.1, 0.15) is 39.5 Å². The highest BCUT2D eigenvalue weighted by molar-refractivity contribution is 7.19. The third kappa shape index (κ3) is 3.13. The van der Waals surface area contributed by atoms with Crippen LogP contribution in [0.3, 0.4) is 0 Å². The molecule has 4 rings (SSSR count). The molecule has 1 aliphatic carbocycles. The maximum atomic E-state index is 12.9. The molecular weight excluding hydrogens is 346 g/mol. The Balaban J connectivity index is 1.47. The summed E-state index contributed by atoms with van der Waals surface area (Å²) in [5.41, 5.74) is 3.22. The number of nitrogens with one attached hydrogen (secondary N) is 2. The number of amides is 1. The monoisotopic (exact) mass is 362 g/mol. The van der Waals surface area contributed by atoms with Crippen LogP contribution in [-0.2, 0) is 12.8 Å². The Morgan fingerprint density at radius 1 is 1.44 bits per heavy atom. The van der Waals surface area contributed by atoms with E-state index in [4.69, 9.17) is 0 Å². The molecule has 0 saturated heterocycles. The standard InChI is InChI=1S/C17H16F2N4OS/c18-15(19)17-22-12-3-1-2-11(14(12)25-17)16(24)20-7-9-4-5-10-8-21-23-13(10)6-9/h1-3,8-9,15H,4-7H2,(H,20,24)(H,21,23). The summed E-state index contributed by atoms with van der Waals surface area (Å²) in [5, 5.41) is 9.74. The van der Waals surface area contributed by atoms with Crippen molar-refractivity contribution in [2.24, 2.45) is 5.92 Å². The Bertz CT molecular complexity index is 920. The van der Waals surface area contributed by atoms with Crippen LogP contribution in [0.15, 0.2) is 24.4 Å². The van der Waals surface area contributed by atoms with Crippen LogP contribution in [0, 0.1) is 5.92 Å². The Labute approximate surface area is 146 Å². The van der Waals surface area contributed by atoms with Crippen molar-refractivity contribution >= 4 is 27.5 Å². The molecule has 8 heteroatoms. The number of halogens is 2. The second kappa shape index (κ2) is 6.51. The van der Waals surface area contributed by atoms with Gasteiger partial charge in [0.1, 0.15) is 0 Å². The molecule has 1 atom stereocenters. The predicted octanol–water partition coefficient (Wildman–Crippen LogP) is 3.49. The maximum absolute atomic E-state index is 12.9. The van der Waals surface area contributed by atoms with E-state index >= 15 is 0 Å². The lowest BCUT2D eigenvalue weighted by atomic mass is 9.88. The van der Waals surface area contributed by atoms with Gasteiger partial charge in [-0.05, 0) is 42.9 Å². The highest BCUT2D eigenvalue weighted by Gasteiger charge is 2.22. The second-order valence-electron chi connectivity index (χ2n) is 6.20. The van der Waals surface area contributed by atoms with Gasteiger partial charge >= 0.3 is 0 Å². The summed E-state index contributed by atoms with van der Waals surface area (Å²) in [6.45, 7) is 0.550. The summed E-state index contributed by atoms with van der Waals surface area (Å²) in [5.74, 6) is 0.0969. The number of H-pyrrole nitrogens is 1. The molecule has 130 valence electrons. The van der Waals surface area contributed by atoms with Gasteiger partial charge in [-0.15, -0.1) is 11.3 Å². The molecular formula is C17H16F2N4OS. The minimum absolute atomic E-state index is 0.245. The van der Waals surface area contributed by atoms with E-state index in [9.17, 15) is 13.6 Å². The van der Waals surface area contributed by atoms with E-state index in [1.807, 2.05) is 6.20 Å². The van der Waals surface area contributed by atoms with Crippen LogP contribution >= 0.6 is 11.3 Å². The highest BCUT2D eigenvalue weighted by Crippen LogP contribution is 2.31. The molecule has 0 saturated carbocycles. The maximum Gasteiger partial charge on any atom is 0.289 e. The molecule has 1 unspecified atom stereocenters. The lowest BCUT2D eigenvalue weighted by Crippen LogP contribution is -2.32. The average Bonchev–Trinajstić information content (AvgIpc) is 3.25. The van der Waals surface area contributed by atoms with Crippen LogP contribution in [-0.4, -0.2) is 27.6 Å². The first-order chi connectivity index (χ1) is 12.1. The minimum Gasteiger partial charge on any atom is -0.352 e. The SMILES string of the molecule is O=C(NCC1CCc2cn[nH]c2C1)c1cccc2nc(C(F)F)sc12. The summed E-state index contributed by atoms with van der Waals surface area (Å²) in [7, 11) is 0. The number of aromatic amines is 1. The van der Waals surface area contributed by atoms with Gasteiger partial charge in [0.15, 0.2) is 5.01 Å². The molecule has 0 fully saturated rings. The molecule has 0 radical (unpaired) electrons. The largest absolute Gasteiger partial charge is 0.352 e. The zero-order valence-electron chi connectivity index (χ0n) is 13.3. The van der Waals surface area contributed by atoms with E-state index < -0.39 is 6.43 Å². The van der Waals surface area contributed by atoms with E-state index in [0.29, 0.717) is 28.2 Å². The number of hydrogen-bond acceptors (Lipinski definition) is 4. The van der Waals surface area contributed by atoms with E-state index in [0.717, 1.165) is 36.3 Å². The number of alkyl halides is 2. The Morgan fingerprint density at radius 3 is 3.16 bits per heavy atom. The third-order valence-electron chi connectivity index (χ3n) is 4.54. The summed E-state index contributed by atoms with van der Waals surface area (Å²) < 4.78 is 26.2. The highest BCUT2D eigenvalue weighted by atomic mass is 32.1. The molecule has 0 bridgehead atoms. The van der Waals surface area contributed by atoms with Gasteiger partial charge < -0.3 is 5.32 Å². The zero-order valence-corrected chi connectivity index (χ0v) is 14.1. The Hall–Kier alpha value is -2.35. The van der Waals surface area contributed by atoms with E-state index in [1.54, 1.807) is 18.2 Å². The fourth-order valence-corrected chi connectivity index (χ4v) is 4.16. The molecule has 2 N–H and O–H groups in total. The van der Waals surface area contributed by atoms with Crippen LogP contribution < -0.4 is 5.32 Å². The van der Waals surface area contributed by atoms with Crippen molar-refractivity contribution in [2.75, 3.05) is 6.54 Å². The number of rotatable bonds is 4.